The summed E-state index contributed by atoms with van der Waals surface area (Å²) in [6, 6.07) is 4.88. The summed E-state index contributed by atoms with van der Waals surface area (Å²) < 4.78 is 66.3. The van der Waals surface area contributed by atoms with Gasteiger partial charge >= 0.3 is 6.18 Å². The van der Waals surface area contributed by atoms with Crippen molar-refractivity contribution in [2.24, 2.45) is 0 Å². The number of alkyl halides is 3. The van der Waals surface area contributed by atoms with Gasteiger partial charge in [0.25, 0.3) is 0 Å². The zero-order valence-corrected chi connectivity index (χ0v) is 21.1. The van der Waals surface area contributed by atoms with Gasteiger partial charge < -0.3 is 16.0 Å². The number of hydrogen-bond acceptors (Lipinski definition) is 7. The molecule has 2 heterocycles. The maximum atomic E-state index is 13.8. The molecule has 1 aliphatic carbocycles. The lowest BCUT2D eigenvalue weighted by atomic mass is 9.96. The first-order chi connectivity index (χ1) is 17.4. The number of benzene rings is 1. The van der Waals surface area contributed by atoms with E-state index in [0.717, 1.165) is 43.6 Å². The van der Waals surface area contributed by atoms with Crippen LogP contribution >= 0.6 is 0 Å². The molecular formula is C24H29F3N6O3S. The number of nitrogens with zero attached hydrogens (tertiary/aromatic N) is 3. The molecular weight excluding hydrogens is 509 g/mol. The van der Waals surface area contributed by atoms with Crippen LogP contribution in [0, 0.1) is 0 Å². The van der Waals surface area contributed by atoms with Crippen LogP contribution in [-0.4, -0.2) is 54.0 Å². The van der Waals surface area contributed by atoms with Crippen molar-refractivity contribution in [1.29, 1.82) is 0 Å². The van der Waals surface area contributed by atoms with Gasteiger partial charge in [-0.1, -0.05) is 25.5 Å². The molecule has 13 heteroatoms. The van der Waals surface area contributed by atoms with Crippen molar-refractivity contribution in [3.8, 4) is 0 Å². The average molecular weight is 539 g/mol. The van der Waals surface area contributed by atoms with Crippen LogP contribution < -0.4 is 16.0 Å². The third-order valence-corrected chi connectivity index (χ3v) is 7.88. The molecule has 0 bridgehead atoms. The third kappa shape index (κ3) is 6.58. The largest absolute Gasteiger partial charge is 0.421 e. The molecule has 0 spiro atoms. The smallest absolute Gasteiger partial charge is 0.350 e. The van der Waals surface area contributed by atoms with Crippen molar-refractivity contribution >= 4 is 39.1 Å². The molecule has 3 N–H and O–H groups in total. The molecule has 37 heavy (non-hydrogen) atoms. The van der Waals surface area contributed by atoms with Crippen molar-refractivity contribution in [1.82, 2.24) is 14.3 Å². The monoisotopic (exact) mass is 538 g/mol. The predicted molar refractivity (Wildman–Crippen MR) is 135 cm³/mol. The van der Waals surface area contributed by atoms with Crippen LogP contribution in [0.1, 0.15) is 49.1 Å². The summed E-state index contributed by atoms with van der Waals surface area (Å²) in [5.74, 6) is -0.739. The predicted octanol–water partition coefficient (Wildman–Crippen LogP) is 4.47. The van der Waals surface area contributed by atoms with E-state index in [0.29, 0.717) is 30.8 Å². The molecule has 2 aliphatic rings. The van der Waals surface area contributed by atoms with Gasteiger partial charge in [-0.3, -0.25) is 4.79 Å². The van der Waals surface area contributed by atoms with Crippen LogP contribution in [-0.2, 0) is 21.0 Å². The van der Waals surface area contributed by atoms with Gasteiger partial charge in [0.1, 0.15) is 11.4 Å². The summed E-state index contributed by atoms with van der Waals surface area (Å²) in [5, 5.41) is 8.33. The maximum absolute atomic E-state index is 13.8. The molecule has 1 amide bonds. The van der Waals surface area contributed by atoms with Crippen molar-refractivity contribution in [3.63, 3.8) is 0 Å². The van der Waals surface area contributed by atoms with Crippen LogP contribution in [0.3, 0.4) is 0 Å². The first kappa shape index (κ1) is 26.9. The molecule has 9 nitrogen and oxygen atoms in total. The zero-order valence-electron chi connectivity index (χ0n) is 20.3. The molecule has 1 saturated heterocycles. The van der Waals surface area contributed by atoms with E-state index in [9.17, 15) is 26.4 Å². The fourth-order valence-electron chi connectivity index (χ4n) is 4.68. The summed E-state index contributed by atoms with van der Waals surface area (Å²) in [5.41, 5.74) is 0.467. The number of hydrogen-bond donors (Lipinski definition) is 3. The third-order valence-electron chi connectivity index (χ3n) is 6.61. The number of carbonyl (C=O) groups excluding carboxylic acids is 1. The topological polar surface area (TPSA) is 116 Å². The minimum Gasteiger partial charge on any atom is -0.350 e. The lowest BCUT2D eigenvalue weighted by Crippen LogP contribution is -2.31. The van der Waals surface area contributed by atoms with Crippen molar-refractivity contribution < 1.29 is 26.4 Å². The first-order valence-corrected chi connectivity index (χ1v) is 13.8. The van der Waals surface area contributed by atoms with E-state index in [-0.39, 0.29) is 24.2 Å². The second-order valence-electron chi connectivity index (χ2n) is 9.31. The summed E-state index contributed by atoms with van der Waals surface area (Å²) in [4.78, 5) is 20.0. The van der Waals surface area contributed by atoms with E-state index in [1.165, 1.54) is 4.31 Å². The van der Waals surface area contributed by atoms with Gasteiger partial charge in [0.15, 0.2) is 0 Å². The van der Waals surface area contributed by atoms with Gasteiger partial charge in [-0.2, -0.15) is 18.2 Å². The van der Waals surface area contributed by atoms with Gasteiger partial charge in [0.05, 0.1) is 17.6 Å². The molecule has 1 aliphatic heterocycles. The van der Waals surface area contributed by atoms with Gasteiger partial charge in [-0.25, -0.2) is 17.7 Å². The first-order valence-electron chi connectivity index (χ1n) is 11.9. The Morgan fingerprint density at radius 2 is 1.92 bits per heavy atom. The molecule has 0 unspecified atom stereocenters. The number of carbonyl (C=O) groups is 1. The van der Waals surface area contributed by atoms with Crippen LogP contribution in [0.25, 0.3) is 0 Å². The van der Waals surface area contributed by atoms with Gasteiger partial charge in [-0.05, 0) is 49.0 Å². The molecule has 1 atom stereocenters. The Hall–Kier alpha value is -3.19. The highest BCUT2D eigenvalue weighted by Gasteiger charge is 2.36. The van der Waals surface area contributed by atoms with Gasteiger partial charge in [-0.15, -0.1) is 0 Å². The van der Waals surface area contributed by atoms with Crippen LogP contribution in [0.4, 0.5) is 36.3 Å². The van der Waals surface area contributed by atoms with Crippen LogP contribution in [0.15, 0.2) is 37.1 Å². The van der Waals surface area contributed by atoms with E-state index >= 15 is 0 Å². The molecule has 4 rings (SSSR count). The minimum atomic E-state index is -4.74. The Morgan fingerprint density at radius 1 is 1.19 bits per heavy atom. The molecule has 1 saturated carbocycles. The second-order valence-corrected chi connectivity index (χ2v) is 11.3. The molecule has 200 valence electrons. The van der Waals surface area contributed by atoms with E-state index in [1.807, 2.05) is 6.07 Å². The van der Waals surface area contributed by atoms with Crippen LogP contribution in [0.2, 0.25) is 0 Å². The van der Waals surface area contributed by atoms with E-state index in [2.05, 4.69) is 32.5 Å². The SMILES string of the molecule is C=CC(=O)Nc1cc(C2CCCC2)ccc1Nc1nc(N[C@H]2CCN(S(C)(=O)=O)C2)ncc1C(F)(F)F. The van der Waals surface area contributed by atoms with Crippen molar-refractivity contribution in [2.75, 3.05) is 35.3 Å². The second kappa shape index (κ2) is 10.7. The number of rotatable bonds is 8. The quantitative estimate of drug-likeness (QED) is 0.425. The summed E-state index contributed by atoms with van der Waals surface area (Å²) in [6.45, 7) is 3.90. The highest BCUT2D eigenvalue weighted by Crippen LogP contribution is 2.39. The molecule has 1 aromatic carbocycles. The number of anilines is 4. The van der Waals surface area contributed by atoms with E-state index in [1.54, 1.807) is 12.1 Å². The van der Waals surface area contributed by atoms with Gasteiger partial charge in [0.2, 0.25) is 21.9 Å². The Kier molecular flexibility index (Phi) is 7.74. The fraction of sp³-hybridized carbons (Fsp3) is 0.458. The van der Waals surface area contributed by atoms with E-state index < -0.39 is 33.5 Å². The normalized spacial score (nSPS) is 19.1. The Bertz CT molecular complexity index is 1280. The summed E-state index contributed by atoms with van der Waals surface area (Å²) in [7, 11) is -3.38. The van der Waals surface area contributed by atoms with Crippen LogP contribution in [0.5, 0.6) is 0 Å². The Morgan fingerprint density at radius 3 is 2.54 bits per heavy atom. The molecule has 0 radical (unpaired) electrons. The highest BCUT2D eigenvalue weighted by molar-refractivity contribution is 7.88. The number of halogens is 3. The standard InChI is InChI=1S/C24H29F3N6O3S/c1-3-21(34)30-20-12-16(15-6-4-5-7-15)8-9-19(20)31-22-18(24(25,26)27)13-28-23(32-22)29-17-10-11-33(14-17)37(2,35)36/h3,8-9,12-13,15,17H,1,4-7,10-11,14H2,2H3,(H,30,34)(H2,28,29,31,32)/t17-/m0/s1. The maximum Gasteiger partial charge on any atom is 0.421 e. The highest BCUT2D eigenvalue weighted by atomic mass is 32.2. The molecule has 2 fully saturated rings. The van der Waals surface area contributed by atoms with Crippen molar-refractivity contribution in [2.45, 2.75) is 50.2 Å². The average Bonchev–Trinajstić information content (AvgIpc) is 3.52. The lowest BCUT2D eigenvalue weighted by molar-refractivity contribution is -0.137. The zero-order chi connectivity index (χ0) is 26.8. The number of sulfonamides is 1. The summed E-state index contributed by atoms with van der Waals surface area (Å²) in [6.07, 6.45) is 2.82. The number of aromatic nitrogens is 2. The van der Waals surface area contributed by atoms with Crippen molar-refractivity contribution in [3.05, 3.63) is 48.2 Å². The number of amides is 1. The molecule has 2 aromatic rings. The summed E-state index contributed by atoms with van der Waals surface area (Å²) >= 11 is 0. The van der Waals surface area contributed by atoms with Gasteiger partial charge in [0, 0.05) is 25.3 Å². The fourth-order valence-corrected chi connectivity index (χ4v) is 5.57. The lowest BCUT2D eigenvalue weighted by Gasteiger charge is -2.20. The Balaban J connectivity index is 1.64. The molecule has 1 aromatic heterocycles. The minimum absolute atomic E-state index is 0.0740. The number of nitrogens with one attached hydrogen (secondary N) is 3. The Labute approximate surface area is 213 Å². The van der Waals surface area contributed by atoms with E-state index in [4.69, 9.17) is 0 Å².